The van der Waals surface area contributed by atoms with Gasteiger partial charge in [-0.2, -0.15) is 0 Å². The zero-order valence-corrected chi connectivity index (χ0v) is 20.3. The molecule has 1 aromatic heterocycles. The fourth-order valence-corrected chi connectivity index (χ4v) is 6.17. The lowest BCUT2D eigenvalue weighted by Crippen LogP contribution is -2.44. The van der Waals surface area contributed by atoms with E-state index in [0.717, 1.165) is 53.8 Å². The smallest absolute Gasteiger partial charge is 0.341 e. The third-order valence-corrected chi connectivity index (χ3v) is 7.80. The van der Waals surface area contributed by atoms with Gasteiger partial charge in [0.15, 0.2) is 0 Å². The van der Waals surface area contributed by atoms with Gasteiger partial charge in [-0.25, -0.2) is 9.59 Å². The molecule has 0 fully saturated rings. The summed E-state index contributed by atoms with van der Waals surface area (Å²) in [5.41, 5.74) is 4.07. The Morgan fingerprint density at radius 2 is 1.71 bits per heavy atom. The Balaban J connectivity index is 1.41. The molecule has 2 heterocycles. The van der Waals surface area contributed by atoms with E-state index in [1.54, 1.807) is 4.90 Å². The Bertz CT molecular complexity index is 1270. The molecule has 3 amide bonds. The van der Waals surface area contributed by atoms with E-state index >= 15 is 0 Å². The minimum atomic E-state index is -0.876. The fraction of sp³-hybridized carbons (Fsp3) is 0.296. The second-order valence-corrected chi connectivity index (χ2v) is 9.82. The lowest BCUT2D eigenvalue weighted by atomic mass is 9.95. The summed E-state index contributed by atoms with van der Waals surface area (Å²) in [5, 5.41) is 6.18. The summed E-state index contributed by atoms with van der Waals surface area (Å²) in [6.45, 7) is 0.564. The highest BCUT2D eigenvalue weighted by atomic mass is 32.1. The van der Waals surface area contributed by atoms with E-state index in [1.807, 2.05) is 54.6 Å². The number of nitrogens with zero attached hydrogens (tertiary/aromatic N) is 1. The second kappa shape index (κ2) is 9.92. The first-order valence-corrected chi connectivity index (χ1v) is 12.6. The molecule has 2 aliphatic rings. The first-order chi connectivity index (χ1) is 17.1. The number of hydrogen-bond acceptors (Lipinski definition) is 5. The predicted molar refractivity (Wildman–Crippen MR) is 136 cm³/mol. The van der Waals surface area contributed by atoms with Crippen molar-refractivity contribution in [2.45, 2.75) is 38.1 Å². The van der Waals surface area contributed by atoms with Gasteiger partial charge in [-0.05, 0) is 54.9 Å². The molecular weight excluding hydrogens is 462 g/mol. The van der Waals surface area contributed by atoms with Crippen molar-refractivity contribution in [3.05, 3.63) is 81.7 Å². The monoisotopic (exact) mass is 489 g/mol. The molecule has 2 N–H and O–H groups in total. The van der Waals surface area contributed by atoms with Crippen LogP contribution in [0.25, 0.3) is 0 Å². The van der Waals surface area contributed by atoms with Crippen molar-refractivity contribution in [3.8, 4) is 0 Å². The number of aryl methyl sites for hydroxylation is 1. The fourth-order valence-electron chi connectivity index (χ4n) is 4.90. The molecule has 0 bridgehead atoms. The first-order valence-electron chi connectivity index (χ1n) is 11.8. The lowest BCUT2D eigenvalue weighted by Gasteiger charge is -2.25. The highest BCUT2D eigenvalue weighted by Gasteiger charge is 2.33. The molecule has 35 heavy (non-hydrogen) atoms. The molecule has 1 aliphatic carbocycles. The van der Waals surface area contributed by atoms with E-state index in [2.05, 4.69) is 10.6 Å². The van der Waals surface area contributed by atoms with Crippen LogP contribution < -0.4 is 15.5 Å². The largest absolute Gasteiger partial charge is 0.465 e. The van der Waals surface area contributed by atoms with Gasteiger partial charge in [0.05, 0.1) is 12.7 Å². The molecule has 1 aliphatic heterocycles. The number of esters is 1. The number of methoxy groups -OCH3 is 1. The summed E-state index contributed by atoms with van der Waals surface area (Å²) in [4.78, 5) is 42.3. The molecule has 1 unspecified atom stereocenters. The highest BCUT2D eigenvalue weighted by molar-refractivity contribution is 7.17. The number of fused-ring (bicyclic) bond motifs is 2. The maximum Gasteiger partial charge on any atom is 0.341 e. The minimum Gasteiger partial charge on any atom is -0.465 e. The van der Waals surface area contributed by atoms with Crippen molar-refractivity contribution >= 4 is 39.9 Å². The van der Waals surface area contributed by atoms with Gasteiger partial charge in [-0.3, -0.25) is 10.1 Å². The molecule has 0 saturated carbocycles. The number of benzene rings is 2. The third-order valence-electron chi connectivity index (χ3n) is 6.60. The van der Waals surface area contributed by atoms with Crippen LogP contribution in [0.2, 0.25) is 0 Å². The molecule has 0 spiro atoms. The van der Waals surface area contributed by atoms with Crippen molar-refractivity contribution < 1.29 is 19.1 Å². The Labute approximate surface area is 208 Å². The Hall–Kier alpha value is -3.65. The van der Waals surface area contributed by atoms with E-state index < -0.39 is 18.0 Å². The van der Waals surface area contributed by atoms with Gasteiger partial charge in [-0.1, -0.05) is 48.5 Å². The molecular formula is C27H27N3O4S. The average molecular weight is 490 g/mol. The van der Waals surface area contributed by atoms with Crippen LogP contribution in [-0.2, 0) is 28.8 Å². The van der Waals surface area contributed by atoms with Crippen LogP contribution >= 0.6 is 11.3 Å². The molecule has 0 radical (unpaired) electrons. The van der Waals surface area contributed by atoms with Crippen LogP contribution in [0.15, 0.2) is 54.6 Å². The van der Waals surface area contributed by atoms with E-state index in [0.29, 0.717) is 22.7 Å². The Morgan fingerprint density at radius 1 is 0.971 bits per heavy atom. The summed E-state index contributed by atoms with van der Waals surface area (Å²) in [5.74, 6) is -0.654. The van der Waals surface area contributed by atoms with Gasteiger partial charge >= 0.3 is 12.0 Å². The molecule has 0 saturated heterocycles. The first kappa shape index (κ1) is 23.1. The summed E-state index contributed by atoms with van der Waals surface area (Å²) >= 11 is 1.41. The quantitative estimate of drug-likeness (QED) is 0.501. The zero-order valence-electron chi connectivity index (χ0n) is 19.5. The van der Waals surface area contributed by atoms with Crippen LogP contribution in [0.1, 0.15) is 50.8 Å². The van der Waals surface area contributed by atoms with Gasteiger partial charge in [0.25, 0.3) is 5.91 Å². The van der Waals surface area contributed by atoms with Gasteiger partial charge in [0, 0.05) is 17.1 Å². The maximum absolute atomic E-state index is 13.7. The predicted octanol–water partition coefficient (Wildman–Crippen LogP) is 4.87. The average Bonchev–Trinajstić information content (AvgIpc) is 3.48. The zero-order chi connectivity index (χ0) is 24.4. The minimum absolute atomic E-state index is 0.199. The number of carbonyl (C=O) groups excluding carboxylic acids is 3. The molecule has 2 aromatic carbocycles. The molecule has 1 atom stereocenters. The van der Waals surface area contributed by atoms with Gasteiger partial charge < -0.3 is 15.0 Å². The molecule has 5 rings (SSSR count). The SMILES string of the molecule is COC(=O)c1c(NC(=O)NC(C(=O)N2CCc3ccccc32)c2ccccc2)sc2c1CCCC2. The van der Waals surface area contributed by atoms with Crippen LogP contribution in [0.5, 0.6) is 0 Å². The molecule has 3 aromatic rings. The standard InChI is InChI=1S/C27H27N3O4S/c1-34-26(32)22-19-12-6-8-14-21(19)35-24(22)29-27(33)28-23(18-10-3-2-4-11-18)25(31)30-16-15-17-9-5-7-13-20(17)30/h2-5,7,9-11,13,23H,6,8,12,14-16H2,1H3,(H2,28,29,33). The van der Waals surface area contributed by atoms with Crippen molar-refractivity contribution in [2.75, 3.05) is 23.9 Å². The number of anilines is 2. The lowest BCUT2D eigenvalue weighted by molar-refractivity contribution is -0.120. The van der Waals surface area contributed by atoms with E-state index in [4.69, 9.17) is 4.74 Å². The maximum atomic E-state index is 13.7. The van der Waals surface area contributed by atoms with Crippen LogP contribution in [0.4, 0.5) is 15.5 Å². The molecule has 8 heteroatoms. The van der Waals surface area contributed by atoms with E-state index in [9.17, 15) is 14.4 Å². The highest BCUT2D eigenvalue weighted by Crippen LogP contribution is 2.38. The number of thiophene rings is 1. The number of carbonyl (C=O) groups is 3. The van der Waals surface area contributed by atoms with Gasteiger partial charge in [0.1, 0.15) is 11.0 Å². The van der Waals surface area contributed by atoms with Crippen molar-refractivity contribution in [1.82, 2.24) is 5.32 Å². The number of amides is 3. The van der Waals surface area contributed by atoms with Gasteiger partial charge in [0.2, 0.25) is 0 Å². The molecule has 7 nitrogen and oxygen atoms in total. The number of nitrogens with one attached hydrogen (secondary N) is 2. The second-order valence-electron chi connectivity index (χ2n) is 8.72. The normalized spacial score (nSPS) is 15.1. The van der Waals surface area contributed by atoms with E-state index in [-0.39, 0.29) is 5.91 Å². The van der Waals surface area contributed by atoms with E-state index in [1.165, 1.54) is 18.4 Å². The number of rotatable bonds is 5. The summed E-state index contributed by atoms with van der Waals surface area (Å²) in [6, 6.07) is 15.6. The Morgan fingerprint density at radius 3 is 2.51 bits per heavy atom. The summed E-state index contributed by atoms with van der Waals surface area (Å²) in [6.07, 6.45) is 4.51. The van der Waals surface area contributed by atoms with Crippen LogP contribution in [0, 0.1) is 0 Å². The summed E-state index contributed by atoms with van der Waals surface area (Å²) in [7, 11) is 1.34. The van der Waals surface area contributed by atoms with Crippen molar-refractivity contribution in [2.24, 2.45) is 0 Å². The molecule has 180 valence electrons. The van der Waals surface area contributed by atoms with Gasteiger partial charge in [-0.15, -0.1) is 11.3 Å². The topological polar surface area (TPSA) is 87.7 Å². The summed E-state index contributed by atoms with van der Waals surface area (Å²) < 4.78 is 5.01. The number of ether oxygens (including phenoxy) is 1. The third kappa shape index (κ3) is 4.53. The number of para-hydroxylation sites is 1. The van der Waals surface area contributed by atoms with Crippen LogP contribution in [-0.4, -0.2) is 31.6 Å². The van der Waals surface area contributed by atoms with Crippen LogP contribution in [0.3, 0.4) is 0 Å². The van der Waals surface area contributed by atoms with Crippen molar-refractivity contribution in [3.63, 3.8) is 0 Å². The Kier molecular flexibility index (Phi) is 6.55. The van der Waals surface area contributed by atoms with Crippen molar-refractivity contribution in [1.29, 1.82) is 0 Å². The number of hydrogen-bond donors (Lipinski definition) is 2. The number of urea groups is 1.